The summed E-state index contributed by atoms with van der Waals surface area (Å²) in [6.07, 6.45) is 1.05. The molecule has 0 aromatic carbocycles. The second-order valence-corrected chi connectivity index (χ2v) is 3.82. The number of hydrogen-bond acceptors (Lipinski definition) is 4. The molecule has 104 valence electrons. The smallest absolute Gasteiger partial charge is 0.255 e. The van der Waals surface area contributed by atoms with Crippen molar-refractivity contribution in [2.45, 2.75) is 13.8 Å². The van der Waals surface area contributed by atoms with E-state index in [0.717, 1.165) is 12.3 Å². The number of carbonyl (C=O) groups is 2. The van der Waals surface area contributed by atoms with Gasteiger partial charge >= 0.3 is 0 Å². The summed E-state index contributed by atoms with van der Waals surface area (Å²) in [4.78, 5) is 26.3. The molecule has 0 unspecified atom stereocenters. The van der Waals surface area contributed by atoms with Crippen molar-refractivity contribution >= 4 is 17.6 Å². The lowest BCUT2D eigenvalue weighted by molar-refractivity contribution is -0.118. The van der Waals surface area contributed by atoms with E-state index < -0.39 is 11.7 Å². The van der Waals surface area contributed by atoms with Gasteiger partial charge in [-0.2, -0.15) is 0 Å². The molecule has 0 fully saturated rings. The van der Waals surface area contributed by atoms with Crippen molar-refractivity contribution in [2.75, 3.05) is 25.0 Å². The maximum absolute atomic E-state index is 13.1. The number of nitrogens with one attached hydrogen (secondary N) is 3. The highest BCUT2D eigenvalue weighted by atomic mass is 19.1. The number of pyridine rings is 1. The fraction of sp³-hybridized carbons (Fsp3) is 0.417. The first-order chi connectivity index (χ1) is 9.04. The summed E-state index contributed by atoms with van der Waals surface area (Å²) in [7, 11) is 0. The molecule has 0 radical (unpaired) electrons. The monoisotopic (exact) mass is 268 g/mol. The van der Waals surface area contributed by atoms with Crippen molar-refractivity contribution in [2.24, 2.45) is 0 Å². The van der Waals surface area contributed by atoms with E-state index in [2.05, 4.69) is 20.9 Å². The van der Waals surface area contributed by atoms with Crippen LogP contribution in [0.4, 0.5) is 10.2 Å². The van der Waals surface area contributed by atoms with Gasteiger partial charge in [-0.3, -0.25) is 9.59 Å². The summed E-state index contributed by atoms with van der Waals surface area (Å²) < 4.78 is 13.1. The van der Waals surface area contributed by atoms with Crippen LogP contribution in [0.3, 0.4) is 0 Å². The van der Waals surface area contributed by atoms with Gasteiger partial charge in [-0.15, -0.1) is 0 Å². The number of rotatable bonds is 6. The highest BCUT2D eigenvalue weighted by molar-refractivity contribution is 5.98. The molecule has 7 heteroatoms. The minimum absolute atomic E-state index is 0.143. The van der Waals surface area contributed by atoms with E-state index in [-0.39, 0.29) is 18.0 Å². The number of anilines is 1. The number of halogens is 1. The molecule has 1 heterocycles. The minimum atomic E-state index is -0.575. The predicted molar refractivity (Wildman–Crippen MR) is 69.4 cm³/mol. The summed E-state index contributed by atoms with van der Waals surface area (Å²) in [6, 6.07) is 1.12. The Hall–Kier alpha value is -2.18. The summed E-state index contributed by atoms with van der Waals surface area (Å²) in [6.45, 7) is 4.40. The molecule has 0 bridgehead atoms. The average Bonchev–Trinajstić information content (AvgIpc) is 2.36. The van der Waals surface area contributed by atoms with Gasteiger partial charge in [0.25, 0.3) is 5.91 Å². The van der Waals surface area contributed by atoms with E-state index in [9.17, 15) is 14.0 Å². The Morgan fingerprint density at radius 2 is 2.00 bits per heavy atom. The van der Waals surface area contributed by atoms with Gasteiger partial charge < -0.3 is 16.0 Å². The number of hydrogen-bond donors (Lipinski definition) is 3. The molecule has 19 heavy (non-hydrogen) atoms. The molecule has 1 rings (SSSR count). The molecular formula is C12H17FN4O2. The van der Waals surface area contributed by atoms with Crippen LogP contribution in [-0.2, 0) is 4.79 Å². The van der Waals surface area contributed by atoms with Crippen LogP contribution in [0.1, 0.15) is 24.2 Å². The molecule has 0 aliphatic carbocycles. The second-order valence-electron chi connectivity index (χ2n) is 3.82. The van der Waals surface area contributed by atoms with E-state index >= 15 is 0 Å². The van der Waals surface area contributed by atoms with Gasteiger partial charge in [-0.05, 0) is 13.0 Å². The van der Waals surface area contributed by atoms with Crippen molar-refractivity contribution in [3.63, 3.8) is 0 Å². The van der Waals surface area contributed by atoms with Crippen molar-refractivity contribution in [1.82, 2.24) is 15.6 Å². The topological polar surface area (TPSA) is 83.1 Å². The molecule has 2 amide bonds. The van der Waals surface area contributed by atoms with Crippen LogP contribution >= 0.6 is 0 Å². The first-order valence-corrected chi connectivity index (χ1v) is 5.96. The summed E-state index contributed by atoms with van der Waals surface area (Å²) in [5, 5.41) is 8.01. The Morgan fingerprint density at radius 1 is 1.32 bits per heavy atom. The minimum Gasteiger partial charge on any atom is -0.370 e. The second kappa shape index (κ2) is 7.30. The quantitative estimate of drug-likeness (QED) is 0.657. The van der Waals surface area contributed by atoms with Gasteiger partial charge in [0.1, 0.15) is 11.6 Å². The van der Waals surface area contributed by atoms with Crippen LogP contribution in [0, 0.1) is 5.82 Å². The molecule has 0 aliphatic rings. The summed E-state index contributed by atoms with van der Waals surface area (Å²) in [5.41, 5.74) is 0.143. The number of nitrogens with zero attached hydrogens (tertiary/aromatic N) is 1. The number of amides is 2. The third-order valence-corrected chi connectivity index (χ3v) is 2.23. The van der Waals surface area contributed by atoms with Crippen molar-refractivity contribution in [3.05, 3.63) is 23.6 Å². The van der Waals surface area contributed by atoms with Crippen molar-refractivity contribution in [1.29, 1.82) is 0 Å². The lowest BCUT2D eigenvalue weighted by Crippen LogP contribution is -2.34. The SMILES string of the molecule is CCNc1ncc(F)cc1C(=O)NCCNC(C)=O. The molecule has 0 spiro atoms. The van der Waals surface area contributed by atoms with Crippen LogP contribution in [-0.4, -0.2) is 36.4 Å². The lowest BCUT2D eigenvalue weighted by Gasteiger charge is -2.10. The van der Waals surface area contributed by atoms with Gasteiger partial charge in [0, 0.05) is 26.6 Å². The van der Waals surface area contributed by atoms with Crippen molar-refractivity contribution < 1.29 is 14.0 Å². The molecule has 3 N–H and O–H groups in total. The van der Waals surface area contributed by atoms with Gasteiger partial charge in [0.15, 0.2) is 0 Å². The first kappa shape index (κ1) is 14.9. The Bertz CT molecular complexity index is 465. The highest BCUT2D eigenvalue weighted by Gasteiger charge is 2.13. The Kier molecular flexibility index (Phi) is 5.72. The molecule has 0 atom stereocenters. The van der Waals surface area contributed by atoms with Crippen LogP contribution in [0.5, 0.6) is 0 Å². The normalized spacial score (nSPS) is 9.84. The first-order valence-electron chi connectivity index (χ1n) is 5.96. The van der Waals surface area contributed by atoms with Gasteiger partial charge in [0.05, 0.1) is 11.8 Å². The predicted octanol–water partition coefficient (Wildman–Crippen LogP) is 0.518. The lowest BCUT2D eigenvalue weighted by atomic mass is 10.2. The fourth-order valence-electron chi connectivity index (χ4n) is 1.43. The zero-order valence-corrected chi connectivity index (χ0v) is 10.9. The van der Waals surface area contributed by atoms with Gasteiger partial charge in [-0.25, -0.2) is 9.37 Å². The van der Waals surface area contributed by atoms with Gasteiger partial charge in [0.2, 0.25) is 5.91 Å². The van der Waals surface area contributed by atoms with Crippen LogP contribution in [0.15, 0.2) is 12.3 Å². The van der Waals surface area contributed by atoms with E-state index in [1.54, 1.807) is 0 Å². The van der Waals surface area contributed by atoms with E-state index in [1.807, 2.05) is 6.92 Å². The van der Waals surface area contributed by atoms with E-state index in [1.165, 1.54) is 6.92 Å². The van der Waals surface area contributed by atoms with E-state index in [4.69, 9.17) is 0 Å². The molecule has 0 aliphatic heterocycles. The summed E-state index contributed by atoms with van der Waals surface area (Å²) >= 11 is 0. The zero-order chi connectivity index (χ0) is 14.3. The highest BCUT2D eigenvalue weighted by Crippen LogP contribution is 2.13. The van der Waals surface area contributed by atoms with Crippen LogP contribution < -0.4 is 16.0 Å². The standard InChI is InChI=1S/C12H17FN4O2/c1-3-14-11-10(6-9(13)7-17-11)12(19)16-5-4-15-8(2)18/h6-7H,3-5H2,1-2H3,(H,14,17)(H,15,18)(H,16,19). The summed E-state index contributed by atoms with van der Waals surface area (Å²) in [5.74, 6) is -0.849. The molecule has 0 saturated carbocycles. The maximum atomic E-state index is 13.1. The largest absolute Gasteiger partial charge is 0.370 e. The fourth-order valence-corrected chi connectivity index (χ4v) is 1.43. The third-order valence-electron chi connectivity index (χ3n) is 2.23. The maximum Gasteiger partial charge on any atom is 0.255 e. The zero-order valence-electron chi connectivity index (χ0n) is 10.9. The molecule has 1 aromatic rings. The molecule has 1 aromatic heterocycles. The van der Waals surface area contributed by atoms with Crippen molar-refractivity contribution in [3.8, 4) is 0 Å². The van der Waals surface area contributed by atoms with Crippen LogP contribution in [0.2, 0.25) is 0 Å². The average molecular weight is 268 g/mol. The number of aromatic nitrogens is 1. The van der Waals surface area contributed by atoms with E-state index in [0.29, 0.717) is 18.9 Å². The molecule has 0 saturated heterocycles. The number of carbonyl (C=O) groups excluding carboxylic acids is 2. The Labute approximate surface area is 110 Å². The third kappa shape index (κ3) is 4.90. The van der Waals surface area contributed by atoms with Crippen LogP contribution in [0.25, 0.3) is 0 Å². The van der Waals surface area contributed by atoms with Gasteiger partial charge in [-0.1, -0.05) is 0 Å². The Balaban J connectivity index is 2.64. The molecular weight excluding hydrogens is 251 g/mol. The Morgan fingerprint density at radius 3 is 2.63 bits per heavy atom. The molecule has 6 nitrogen and oxygen atoms in total.